The summed E-state index contributed by atoms with van der Waals surface area (Å²) in [5, 5.41) is 0. The lowest BCUT2D eigenvalue weighted by Gasteiger charge is -2.12. The van der Waals surface area contributed by atoms with Gasteiger partial charge < -0.3 is 0 Å². The van der Waals surface area contributed by atoms with Crippen molar-refractivity contribution < 1.29 is 12.8 Å². The normalized spacial score (nSPS) is 11.6. The van der Waals surface area contributed by atoms with Crippen LogP contribution >= 0.6 is 0 Å². The molecule has 0 amide bonds. The van der Waals surface area contributed by atoms with Crippen LogP contribution in [0.15, 0.2) is 41.3 Å². The average molecular weight is 292 g/mol. The lowest BCUT2D eigenvalue weighted by atomic mass is 10.0. The standard InChI is InChI=1S/C16H17FO2S/c1-11-8-12(2)14(13(3)9-11)10-20(18,19)16-7-5-4-6-15(16)17/h4-9H,10H2,1-3H3. The van der Waals surface area contributed by atoms with Crippen LogP contribution in [0.2, 0.25) is 0 Å². The van der Waals surface area contributed by atoms with Gasteiger partial charge >= 0.3 is 0 Å². The molecule has 2 aromatic rings. The minimum Gasteiger partial charge on any atom is -0.223 e. The van der Waals surface area contributed by atoms with Gasteiger partial charge in [-0.2, -0.15) is 0 Å². The van der Waals surface area contributed by atoms with E-state index >= 15 is 0 Å². The van der Waals surface area contributed by atoms with Gasteiger partial charge in [-0.1, -0.05) is 29.8 Å². The summed E-state index contributed by atoms with van der Waals surface area (Å²) in [7, 11) is -3.68. The van der Waals surface area contributed by atoms with Gasteiger partial charge in [0.2, 0.25) is 0 Å². The molecule has 0 saturated carbocycles. The van der Waals surface area contributed by atoms with Crippen molar-refractivity contribution in [2.45, 2.75) is 31.4 Å². The zero-order valence-electron chi connectivity index (χ0n) is 11.8. The predicted octanol–water partition coefficient (Wildman–Crippen LogP) is 3.72. The Labute approximate surface area is 119 Å². The molecule has 0 saturated heterocycles. The Kier molecular flexibility index (Phi) is 3.95. The van der Waals surface area contributed by atoms with Gasteiger partial charge in [0.1, 0.15) is 10.7 Å². The van der Waals surface area contributed by atoms with Crippen molar-refractivity contribution in [3.8, 4) is 0 Å². The second-order valence-corrected chi connectivity index (χ2v) is 7.02. The number of hydrogen-bond donors (Lipinski definition) is 0. The first kappa shape index (κ1) is 14.7. The van der Waals surface area contributed by atoms with Crippen LogP contribution in [0.3, 0.4) is 0 Å². The van der Waals surface area contributed by atoms with E-state index in [0.29, 0.717) is 0 Å². The molecule has 0 atom stereocenters. The molecule has 0 bridgehead atoms. The van der Waals surface area contributed by atoms with Gasteiger partial charge in [-0.3, -0.25) is 0 Å². The Bertz CT molecular complexity index is 726. The summed E-state index contributed by atoms with van der Waals surface area (Å²) < 4.78 is 38.4. The van der Waals surface area contributed by atoms with E-state index in [1.807, 2.05) is 32.9 Å². The molecule has 0 aliphatic rings. The van der Waals surface area contributed by atoms with E-state index in [0.717, 1.165) is 22.3 Å². The van der Waals surface area contributed by atoms with E-state index in [1.165, 1.54) is 24.3 Å². The Morgan fingerprint density at radius 1 is 1.00 bits per heavy atom. The number of hydrogen-bond acceptors (Lipinski definition) is 2. The van der Waals surface area contributed by atoms with Crippen LogP contribution in [0.1, 0.15) is 22.3 Å². The smallest absolute Gasteiger partial charge is 0.185 e. The summed E-state index contributed by atoms with van der Waals surface area (Å²) >= 11 is 0. The van der Waals surface area contributed by atoms with E-state index < -0.39 is 15.7 Å². The Balaban J connectivity index is 2.47. The Morgan fingerprint density at radius 2 is 1.55 bits per heavy atom. The van der Waals surface area contributed by atoms with Crippen LogP contribution in [0.4, 0.5) is 4.39 Å². The summed E-state index contributed by atoms with van der Waals surface area (Å²) in [4.78, 5) is -0.237. The molecule has 0 radical (unpaired) electrons. The number of benzene rings is 2. The molecule has 2 rings (SSSR count). The van der Waals surface area contributed by atoms with Crippen molar-refractivity contribution in [2.75, 3.05) is 0 Å². The molecule has 2 nitrogen and oxygen atoms in total. The van der Waals surface area contributed by atoms with Gasteiger partial charge in [-0.25, -0.2) is 12.8 Å². The topological polar surface area (TPSA) is 34.1 Å². The zero-order valence-corrected chi connectivity index (χ0v) is 12.6. The minimum atomic E-state index is -3.68. The summed E-state index contributed by atoms with van der Waals surface area (Å²) in [6.07, 6.45) is 0. The van der Waals surface area contributed by atoms with Gasteiger partial charge in [0.05, 0.1) is 5.75 Å². The molecule has 0 unspecified atom stereocenters. The SMILES string of the molecule is Cc1cc(C)c(CS(=O)(=O)c2ccccc2F)c(C)c1. The van der Waals surface area contributed by atoms with Crippen LogP contribution in [-0.4, -0.2) is 8.42 Å². The highest BCUT2D eigenvalue weighted by Gasteiger charge is 2.21. The molecular weight excluding hydrogens is 275 g/mol. The first-order chi connectivity index (χ1) is 9.31. The fourth-order valence-corrected chi connectivity index (χ4v) is 4.04. The molecule has 0 aliphatic heterocycles. The predicted molar refractivity (Wildman–Crippen MR) is 77.9 cm³/mol. The lowest BCUT2D eigenvalue weighted by Crippen LogP contribution is -2.09. The van der Waals surface area contributed by atoms with E-state index in [1.54, 1.807) is 0 Å². The van der Waals surface area contributed by atoms with Gasteiger partial charge in [-0.15, -0.1) is 0 Å². The van der Waals surface area contributed by atoms with Crippen LogP contribution in [0.25, 0.3) is 0 Å². The molecule has 4 heteroatoms. The number of aryl methyl sites for hydroxylation is 3. The molecule has 20 heavy (non-hydrogen) atoms. The second kappa shape index (κ2) is 5.37. The highest BCUT2D eigenvalue weighted by Crippen LogP contribution is 2.24. The van der Waals surface area contributed by atoms with Gasteiger partial charge in [0, 0.05) is 0 Å². The van der Waals surface area contributed by atoms with Crippen LogP contribution in [0, 0.1) is 26.6 Å². The maximum absolute atomic E-state index is 13.7. The third-order valence-corrected chi connectivity index (χ3v) is 5.02. The number of sulfone groups is 1. The summed E-state index contributed by atoms with van der Waals surface area (Å²) in [5.41, 5.74) is 3.68. The van der Waals surface area contributed by atoms with Gasteiger partial charge in [0.25, 0.3) is 0 Å². The van der Waals surface area contributed by atoms with Crippen molar-refractivity contribution >= 4 is 9.84 Å². The largest absolute Gasteiger partial charge is 0.223 e. The van der Waals surface area contributed by atoms with Gasteiger partial charge in [0.15, 0.2) is 9.84 Å². The van der Waals surface area contributed by atoms with Crippen LogP contribution in [0.5, 0.6) is 0 Å². The second-order valence-electron chi connectivity index (χ2n) is 5.07. The fraction of sp³-hybridized carbons (Fsp3) is 0.250. The van der Waals surface area contributed by atoms with Crippen molar-refractivity contribution in [1.82, 2.24) is 0 Å². The maximum Gasteiger partial charge on any atom is 0.185 e. The third kappa shape index (κ3) is 2.90. The quantitative estimate of drug-likeness (QED) is 0.864. The molecule has 2 aromatic carbocycles. The van der Waals surface area contributed by atoms with Crippen molar-refractivity contribution in [3.05, 3.63) is 64.5 Å². The summed E-state index contributed by atoms with van der Waals surface area (Å²) in [5.74, 6) is -0.874. The molecular formula is C16H17FO2S. The summed E-state index contributed by atoms with van der Waals surface area (Å²) in [6, 6.07) is 9.38. The first-order valence-electron chi connectivity index (χ1n) is 6.35. The number of halogens is 1. The van der Waals surface area contributed by atoms with Crippen LogP contribution < -0.4 is 0 Å². The summed E-state index contributed by atoms with van der Waals surface area (Å²) in [6.45, 7) is 5.73. The highest BCUT2D eigenvalue weighted by molar-refractivity contribution is 7.90. The molecule has 0 heterocycles. The molecule has 0 aliphatic carbocycles. The van der Waals surface area contributed by atoms with E-state index in [-0.39, 0.29) is 10.6 Å². The molecule has 106 valence electrons. The molecule has 0 fully saturated rings. The fourth-order valence-electron chi connectivity index (χ4n) is 2.40. The number of rotatable bonds is 3. The van der Waals surface area contributed by atoms with E-state index in [4.69, 9.17) is 0 Å². The maximum atomic E-state index is 13.7. The average Bonchev–Trinajstić information content (AvgIpc) is 2.34. The molecule has 0 aromatic heterocycles. The highest BCUT2D eigenvalue weighted by atomic mass is 32.2. The van der Waals surface area contributed by atoms with E-state index in [9.17, 15) is 12.8 Å². The lowest BCUT2D eigenvalue weighted by molar-refractivity contribution is 0.566. The molecule has 0 N–H and O–H groups in total. The monoisotopic (exact) mass is 292 g/mol. The van der Waals surface area contributed by atoms with E-state index in [2.05, 4.69) is 0 Å². The minimum absolute atomic E-state index is 0.175. The zero-order chi connectivity index (χ0) is 14.9. The van der Waals surface area contributed by atoms with Crippen molar-refractivity contribution in [2.24, 2.45) is 0 Å². The van der Waals surface area contributed by atoms with Crippen molar-refractivity contribution in [1.29, 1.82) is 0 Å². The first-order valence-corrected chi connectivity index (χ1v) is 8.00. The van der Waals surface area contributed by atoms with Crippen LogP contribution in [-0.2, 0) is 15.6 Å². The molecule has 0 spiro atoms. The third-order valence-electron chi connectivity index (χ3n) is 3.35. The Hall–Kier alpha value is -1.68. The Morgan fingerprint density at radius 3 is 2.10 bits per heavy atom. The van der Waals surface area contributed by atoms with Crippen molar-refractivity contribution in [3.63, 3.8) is 0 Å². The van der Waals surface area contributed by atoms with Gasteiger partial charge in [-0.05, 0) is 49.6 Å².